The summed E-state index contributed by atoms with van der Waals surface area (Å²) in [5.41, 5.74) is 0. The third-order valence-corrected chi connectivity index (χ3v) is 4.57. The first-order valence-electron chi connectivity index (χ1n) is 7.78. The van der Waals surface area contributed by atoms with E-state index < -0.39 is 11.8 Å². The predicted molar refractivity (Wildman–Crippen MR) is 74.6 cm³/mol. The van der Waals surface area contributed by atoms with Crippen LogP contribution < -0.4 is 10.6 Å². The molecule has 2 atom stereocenters. The lowest BCUT2D eigenvalue weighted by molar-refractivity contribution is -0.140. The van der Waals surface area contributed by atoms with Gasteiger partial charge in [0.25, 0.3) is 0 Å². The minimum atomic E-state index is -0.440. The number of rotatable bonds is 2. The Bertz CT molecular complexity index is 324. The maximum atomic E-state index is 11.9. The van der Waals surface area contributed by atoms with Crippen LogP contribution in [0.4, 0.5) is 0 Å². The van der Waals surface area contributed by atoms with Gasteiger partial charge in [-0.3, -0.25) is 9.59 Å². The fourth-order valence-electron chi connectivity index (χ4n) is 3.26. The fraction of sp³-hybridized carbons (Fsp3) is 0.867. The first-order chi connectivity index (χ1) is 9.16. The molecule has 2 aliphatic carbocycles. The Morgan fingerprint density at radius 2 is 1.37 bits per heavy atom. The highest BCUT2D eigenvalue weighted by Gasteiger charge is 2.26. The molecule has 2 aliphatic rings. The van der Waals surface area contributed by atoms with Crippen molar-refractivity contribution in [3.63, 3.8) is 0 Å². The molecular formula is C15H26N2O2. The van der Waals surface area contributed by atoms with Crippen LogP contribution in [0, 0.1) is 5.92 Å². The summed E-state index contributed by atoms with van der Waals surface area (Å²) in [4.78, 5) is 23.8. The second-order valence-corrected chi connectivity index (χ2v) is 6.15. The molecule has 0 aliphatic heterocycles. The maximum Gasteiger partial charge on any atom is 0.309 e. The van der Waals surface area contributed by atoms with Gasteiger partial charge in [-0.2, -0.15) is 0 Å². The normalized spacial score (nSPS) is 28.7. The van der Waals surface area contributed by atoms with Gasteiger partial charge in [-0.15, -0.1) is 0 Å². The third-order valence-electron chi connectivity index (χ3n) is 4.57. The van der Waals surface area contributed by atoms with E-state index in [1.165, 1.54) is 12.8 Å². The lowest BCUT2D eigenvalue weighted by Crippen LogP contribution is -2.50. The number of hydrogen-bond acceptors (Lipinski definition) is 2. The van der Waals surface area contributed by atoms with Gasteiger partial charge >= 0.3 is 11.8 Å². The van der Waals surface area contributed by atoms with Crippen LogP contribution in [-0.2, 0) is 9.59 Å². The predicted octanol–water partition coefficient (Wildman–Crippen LogP) is 2.13. The zero-order valence-corrected chi connectivity index (χ0v) is 11.9. The molecule has 0 saturated heterocycles. The molecule has 4 nitrogen and oxygen atoms in total. The summed E-state index contributed by atoms with van der Waals surface area (Å²) in [5.74, 6) is -0.394. The van der Waals surface area contributed by atoms with E-state index in [1.807, 2.05) is 0 Å². The van der Waals surface area contributed by atoms with Crippen molar-refractivity contribution >= 4 is 11.8 Å². The van der Waals surface area contributed by atoms with Gasteiger partial charge < -0.3 is 10.6 Å². The molecule has 0 aromatic rings. The SMILES string of the molecule is C[C@@H]1CCCC[C@H]1NC(=O)C(=O)NC1CCCCC1. The number of carbonyl (C=O) groups excluding carboxylic acids is 2. The minimum absolute atomic E-state index is 0.179. The molecule has 2 N–H and O–H groups in total. The van der Waals surface area contributed by atoms with Crippen molar-refractivity contribution in [1.29, 1.82) is 0 Å². The van der Waals surface area contributed by atoms with Gasteiger partial charge in [0.05, 0.1) is 0 Å². The van der Waals surface area contributed by atoms with Crippen LogP contribution in [0.15, 0.2) is 0 Å². The molecule has 0 heterocycles. The van der Waals surface area contributed by atoms with Gasteiger partial charge in [0.15, 0.2) is 0 Å². The van der Waals surface area contributed by atoms with E-state index in [0.29, 0.717) is 5.92 Å². The van der Waals surface area contributed by atoms with Gasteiger partial charge in [0.2, 0.25) is 0 Å². The van der Waals surface area contributed by atoms with Gasteiger partial charge in [-0.1, -0.05) is 39.0 Å². The van der Waals surface area contributed by atoms with E-state index in [0.717, 1.165) is 44.9 Å². The molecule has 0 bridgehead atoms. The quantitative estimate of drug-likeness (QED) is 0.752. The fourth-order valence-corrected chi connectivity index (χ4v) is 3.26. The van der Waals surface area contributed by atoms with Gasteiger partial charge in [-0.25, -0.2) is 0 Å². The molecule has 0 aromatic carbocycles. The highest BCUT2D eigenvalue weighted by molar-refractivity contribution is 6.35. The lowest BCUT2D eigenvalue weighted by Gasteiger charge is -2.29. The van der Waals surface area contributed by atoms with E-state index in [4.69, 9.17) is 0 Å². The van der Waals surface area contributed by atoms with E-state index in [9.17, 15) is 9.59 Å². The highest BCUT2D eigenvalue weighted by Crippen LogP contribution is 2.23. The summed E-state index contributed by atoms with van der Waals surface area (Å²) < 4.78 is 0. The second-order valence-electron chi connectivity index (χ2n) is 6.15. The molecule has 108 valence electrons. The summed E-state index contributed by atoms with van der Waals surface area (Å²) in [6.45, 7) is 2.16. The molecule has 0 unspecified atom stereocenters. The number of nitrogens with one attached hydrogen (secondary N) is 2. The number of hydrogen-bond donors (Lipinski definition) is 2. The molecule has 2 fully saturated rings. The Morgan fingerprint density at radius 1 is 0.789 bits per heavy atom. The Kier molecular flexibility index (Phi) is 5.23. The zero-order valence-electron chi connectivity index (χ0n) is 11.9. The average Bonchev–Trinajstić information content (AvgIpc) is 2.42. The molecule has 19 heavy (non-hydrogen) atoms. The van der Waals surface area contributed by atoms with Crippen molar-refractivity contribution in [3.8, 4) is 0 Å². The van der Waals surface area contributed by atoms with E-state index in [-0.39, 0.29) is 12.1 Å². The zero-order chi connectivity index (χ0) is 13.7. The Hall–Kier alpha value is -1.06. The third kappa shape index (κ3) is 4.22. The first kappa shape index (κ1) is 14.4. The van der Waals surface area contributed by atoms with Crippen molar-refractivity contribution in [2.45, 2.75) is 76.8 Å². The number of carbonyl (C=O) groups is 2. The van der Waals surface area contributed by atoms with Crippen molar-refractivity contribution in [2.75, 3.05) is 0 Å². The van der Waals surface area contributed by atoms with Crippen molar-refractivity contribution in [3.05, 3.63) is 0 Å². The van der Waals surface area contributed by atoms with Gasteiger partial charge in [-0.05, 0) is 31.6 Å². The van der Waals surface area contributed by atoms with Crippen molar-refractivity contribution < 1.29 is 9.59 Å². The van der Waals surface area contributed by atoms with Gasteiger partial charge in [0, 0.05) is 12.1 Å². The Balaban J connectivity index is 1.76. The standard InChI is InChI=1S/C15H26N2O2/c1-11-7-5-6-10-13(11)17-15(19)14(18)16-12-8-3-2-4-9-12/h11-13H,2-10H2,1H3,(H,16,18)(H,17,19)/t11-,13-/m1/s1. The van der Waals surface area contributed by atoms with Crippen LogP contribution in [0.3, 0.4) is 0 Å². The van der Waals surface area contributed by atoms with Gasteiger partial charge in [0.1, 0.15) is 0 Å². The highest BCUT2D eigenvalue weighted by atomic mass is 16.2. The van der Waals surface area contributed by atoms with Crippen LogP contribution in [0.5, 0.6) is 0 Å². The summed E-state index contributed by atoms with van der Waals surface area (Å²) in [5, 5.41) is 5.78. The lowest BCUT2D eigenvalue weighted by atomic mass is 9.86. The van der Waals surface area contributed by atoms with Crippen molar-refractivity contribution in [2.24, 2.45) is 5.92 Å². The monoisotopic (exact) mass is 266 g/mol. The number of amides is 2. The first-order valence-corrected chi connectivity index (χ1v) is 7.78. The Morgan fingerprint density at radius 3 is 2.05 bits per heavy atom. The van der Waals surface area contributed by atoms with Crippen LogP contribution in [0.2, 0.25) is 0 Å². The minimum Gasteiger partial charge on any atom is -0.345 e. The summed E-state index contributed by atoms with van der Waals surface area (Å²) in [7, 11) is 0. The second kappa shape index (κ2) is 6.92. The molecule has 4 heteroatoms. The average molecular weight is 266 g/mol. The topological polar surface area (TPSA) is 58.2 Å². The molecule has 0 radical (unpaired) electrons. The van der Waals surface area contributed by atoms with E-state index >= 15 is 0 Å². The molecule has 2 saturated carbocycles. The van der Waals surface area contributed by atoms with E-state index in [1.54, 1.807) is 0 Å². The van der Waals surface area contributed by atoms with E-state index in [2.05, 4.69) is 17.6 Å². The summed E-state index contributed by atoms with van der Waals surface area (Å²) in [6, 6.07) is 0.383. The van der Waals surface area contributed by atoms with Crippen LogP contribution in [0.1, 0.15) is 64.7 Å². The molecule has 0 spiro atoms. The van der Waals surface area contributed by atoms with Crippen LogP contribution in [-0.4, -0.2) is 23.9 Å². The maximum absolute atomic E-state index is 11.9. The van der Waals surface area contributed by atoms with Crippen molar-refractivity contribution in [1.82, 2.24) is 10.6 Å². The molecular weight excluding hydrogens is 240 g/mol. The molecule has 0 aromatic heterocycles. The summed E-state index contributed by atoms with van der Waals surface area (Å²) >= 11 is 0. The van der Waals surface area contributed by atoms with Crippen LogP contribution >= 0.6 is 0 Å². The largest absolute Gasteiger partial charge is 0.345 e. The summed E-state index contributed by atoms with van der Waals surface area (Å²) in [6.07, 6.45) is 10.1. The smallest absolute Gasteiger partial charge is 0.309 e. The molecule has 2 amide bonds. The molecule has 2 rings (SSSR count). The Labute approximate surface area is 115 Å². The van der Waals surface area contributed by atoms with Crippen LogP contribution in [0.25, 0.3) is 0 Å².